The number of pyridine rings is 2. The second-order valence-electron chi connectivity index (χ2n) is 5.51. The van der Waals surface area contributed by atoms with E-state index in [0.717, 1.165) is 22.4 Å². The van der Waals surface area contributed by atoms with Crippen molar-refractivity contribution in [2.75, 3.05) is 7.11 Å². The summed E-state index contributed by atoms with van der Waals surface area (Å²) in [5.41, 5.74) is 2.30. The topological polar surface area (TPSA) is 93.9 Å². The molecule has 3 aromatic heterocycles. The van der Waals surface area contributed by atoms with Crippen LogP contribution in [0.2, 0.25) is 0 Å². The molecule has 0 unspecified atom stereocenters. The molecule has 0 bridgehead atoms. The lowest BCUT2D eigenvalue weighted by atomic mass is 10.0. The van der Waals surface area contributed by atoms with E-state index in [1.54, 1.807) is 32.4 Å². The van der Waals surface area contributed by atoms with Crippen LogP contribution in [-0.2, 0) is 0 Å². The van der Waals surface area contributed by atoms with E-state index in [0.29, 0.717) is 16.9 Å². The van der Waals surface area contributed by atoms with Crippen molar-refractivity contribution in [1.82, 2.24) is 20.1 Å². The van der Waals surface area contributed by atoms with Gasteiger partial charge in [-0.05, 0) is 31.2 Å². The molecule has 0 aliphatic heterocycles. The van der Waals surface area contributed by atoms with Crippen LogP contribution in [0.15, 0.2) is 51.9 Å². The number of nitrogens with one attached hydrogen (secondary N) is 1. The highest BCUT2D eigenvalue weighted by Gasteiger charge is 2.15. The fourth-order valence-electron chi connectivity index (χ4n) is 2.69. The molecule has 124 valence electrons. The summed E-state index contributed by atoms with van der Waals surface area (Å²) < 4.78 is 10.4. The highest BCUT2D eigenvalue weighted by molar-refractivity contribution is 5.94. The second-order valence-corrected chi connectivity index (χ2v) is 5.51. The van der Waals surface area contributed by atoms with Crippen LogP contribution in [0.1, 0.15) is 5.82 Å². The molecule has 4 rings (SSSR count). The fourth-order valence-corrected chi connectivity index (χ4v) is 2.69. The van der Waals surface area contributed by atoms with E-state index < -0.39 is 0 Å². The summed E-state index contributed by atoms with van der Waals surface area (Å²) >= 11 is 0. The van der Waals surface area contributed by atoms with Gasteiger partial charge in [0.15, 0.2) is 5.82 Å². The molecule has 0 aliphatic rings. The summed E-state index contributed by atoms with van der Waals surface area (Å²) in [6.45, 7) is 1.70. The molecule has 25 heavy (non-hydrogen) atoms. The van der Waals surface area contributed by atoms with E-state index in [1.807, 2.05) is 24.3 Å². The third-order valence-electron chi connectivity index (χ3n) is 3.87. The molecule has 7 heteroatoms. The summed E-state index contributed by atoms with van der Waals surface area (Å²) in [6.07, 6.45) is 1.66. The summed E-state index contributed by atoms with van der Waals surface area (Å²) in [5.74, 6) is 1.38. The second kappa shape index (κ2) is 5.86. The first-order valence-corrected chi connectivity index (χ1v) is 7.63. The number of hydrogen-bond acceptors (Lipinski definition) is 6. The highest BCUT2D eigenvalue weighted by atomic mass is 16.5. The van der Waals surface area contributed by atoms with Gasteiger partial charge < -0.3 is 14.2 Å². The van der Waals surface area contributed by atoms with Crippen molar-refractivity contribution in [2.24, 2.45) is 0 Å². The monoisotopic (exact) mass is 334 g/mol. The van der Waals surface area contributed by atoms with Gasteiger partial charge in [-0.15, -0.1) is 0 Å². The van der Waals surface area contributed by atoms with Gasteiger partial charge in [-0.25, -0.2) is 0 Å². The summed E-state index contributed by atoms with van der Waals surface area (Å²) in [5, 5.41) is 4.53. The number of aromatic amines is 1. The van der Waals surface area contributed by atoms with Crippen LogP contribution in [0, 0.1) is 6.92 Å². The minimum Gasteiger partial charge on any atom is -0.497 e. The smallest absolute Gasteiger partial charge is 0.263 e. The third kappa shape index (κ3) is 2.65. The van der Waals surface area contributed by atoms with E-state index in [9.17, 15) is 4.79 Å². The molecule has 0 saturated carbocycles. The van der Waals surface area contributed by atoms with Crippen LogP contribution in [0.25, 0.3) is 33.6 Å². The molecule has 7 nitrogen and oxygen atoms in total. The van der Waals surface area contributed by atoms with Crippen molar-refractivity contribution in [2.45, 2.75) is 6.92 Å². The molecule has 3 heterocycles. The molecule has 0 spiro atoms. The number of H-pyrrole nitrogens is 1. The first-order chi connectivity index (χ1) is 12.2. The predicted molar refractivity (Wildman–Crippen MR) is 92.4 cm³/mol. The quantitative estimate of drug-likeness (QED) is 0.619. The molecule has 0 fully saturated rings. The normalized spacial score (nSPS) is 11.0. The molecule has 0 atom stereocenters. The van der Waals surface area contributed by atoms with Gasteiger partial charge in [-0.2, -0.15) is 4.98 Å². The number of fused-ring (bicyclic) bond motifs is 1. The minimum atomic E-state index is -0.293. The van der Waals surface area contributed by atoms with Crippen LogP contribution in [0.4, 0.5) is 0 Å². The number of aromatic nitrogens is 4. The molecular formula is C18H14N4O3. The summed E-state index contributed by atoms with van der Waals surface area (Å²) in [7, 11) is 1.61. The average molecular weight is 334 g/mol. The molecule has 0 radical (unpaired) electrons. The lowest BCUT2D eigenvalue weighted by molar-refractivity contribution is 0.415. The number of methoxy groups -OCH3 is 1. The van der Waals surface area contributed by atoms with Crippen LogP contribution in [0.3, 0.4) is 0 Å². The SMILES string of the molecule is COc1cccc(-c2nccc3[nH]c(=O)c(-c4nc(C)no4)cc23)c1. The standard InChI is InChI=1S/C18H14N4O3/c1-10-20-18(25-22-10)14-9-13-15(21-17(14)23)6-7-19-16(13)11-4-3-5-12(8-11)24-2/h3-9H,1-2H3,(H,21,23). The average Bonchev–Trinajstić information content (AvgIpc) is 3.06. The molecule has 0 saturated heterocycles. The Kier molecular flexibility index (Phi) is 3.53. The van der Waals surface area contributed by atoms with Crippen LogP contribution < -0.4 is 10.3 Å². The first-order valence-electron chi connectivity index (χ1n) is 7.63. The Hall–Kier alpha value is -3.48. The number of nitrogens with zero attached hydrogens (tertiary/aromatic N) is 3. The van der Waals surface area contributed by atoms with Crippen LogP contribution in [0.5, 0.6) is 5.75 Å². The van der Waals surface area contributed by atoms with E-state index in [4.69, 9.17) is 9.26 Å². The summed E-state index contributed by atoms with van der Waals surface area (Å²) in [6, 6.07) is 11.1. The molecular weight excluding hydrogens is 320 g/mol. The van der Waals surface area contributed by atoms with Gasteiger partial charge in [0.1, 0.15) is 11.3 Å². The molecule has 1 N–H and O–H groups in total. The van der Waals surface area contributed by atoms with Gasteiger partial charge in [0.2, 0.25) is 0 Å². The van der Waals surface area contributed by atoms with Crippen molar-refractivity contribution in [1.29, 1.82) is 0 Å². The van der Waals surface area contributed by atoms with Gasteiger partial charge in [0.25, 0.3) is 11.4 Å². The Bertz CT molecular complexity index is 1130. The van der Waals surface area contributed by atoms with Crippen LogP contribution >= 0.6 is 0 Å². The van der Waals surface area contributed by atoms with E-state index in [-0.39, 0.29) is 11.4 Å². The lowest BCUT2D eigenvalue weighted by Gasteiger charge is -2.08. The van der Waals surface area contributed by atoms with Gasteiger partial charge in [-0.3, -0.25) is 9.78 Å². The van der Waals surface area contributed by atoms with Crippen LogP contribution in [-0.4, -0.2) is 27.2 Å². The lowest BCUT2D eigenvalue weighted by Crippen LogP contribution is -2.09. The third-order valence-corrected chi connectivity index (χ3v) is 3.87. The number of aryl methyl sites for hydroxylation is 1. The maximum absolute atomic E-state index is 12.4. The summed E-state index contributed by atoms with van der Waals surface area (Å²) in [4.78, 5) is 23.8. The zero-order chi connectivity index (χ0) is 17.4. The number of rotatable bonds is 3. The van der Waals surface area contributed by atoms with Gasteiger partial charge in [-0.1, -0.05) is 17.3 Å². The predicted octanol–water partition coefficient (Wildman–Crippen LogP) is 2.96. The minimum absolute atomic E-state index is 0.182. The van der Waals surface area contributed by atoms with Crippen molar-refractivity contribution >= 4 is 10.9 Å². The highest BCUT2D eigenvalue weighted by Crippen LogP contribution is 2.29. The Labute approximate surface area is 142 Å². The Balaban J connectivity index is 1.98. The zero-order valence-electron chi connectivity index (χ0n) is 13.6. The first kappa shape index (κ1) is 15.1. The van der Waals surface area contributed by atoms with Gasteiger partial charge >= 0.3 is 0 Å². The van der Waals surface area contributed by atoms with Gasteiger partial charge in [0.05, 0.1) is 18.3 Å². The van der Waals surface area contributed by atoms with Crippen molar-refractivity contribution in [3.63, 3.8) is 0 Å². The largest absolute Gasteiger partial charge is 0.497 e. The Morgan fingerprint density at radius 3 is 2.84 bits per heavy atom. The Morgan fingerprint density at radius 1 is 1.20 bits per heavy atom. The van der Waals surface area contributed by atoms with E-state index in [1.165, 1.54) is 0 Å². The molecule has 0 aliphatic carbocycles. The van der Waals surface area contributed by atoms with E-state index >= 15 is 0 Å². The zero-order valence-corrected chi connectivity index (χ0v) is 13.6. The van der Waals surface area contributed by atoms with Crippen molar-refractivity contribution < 1.29 is 9.26 Å². The van der Waals surface area contributed by atoms with Crippen molar-refractivity contribution in [3.8, 4) is 28.5 Å². The molecule has 4 aromatic rings. The fraction of sp³-hybridized carbons (Fsp3) is 0.111. The van der Waals surface area contributed by atoms with Gasteiger partial charge in [0, 0.05) is 17.1 Å². The van der Waals surface area contributed by atoms with Crippen molar-refractivity contribution in [3.05, 3.63) is 58.8 Å². The number of benzene rings is 1. The molecule has 1 aromatic carbocycles. The maximum Gasteiger partial charge on any atom is 0.263 e. The maximum atomic E-state index is 12.4. The molecule has 0 amide bonds. The Morgan fingerprint density at radius 2 is 2.08 bits per heavy atom. The number of ether oxygens (including phenoxy) is 1. The number of hydrogen-bond donors (Lipinski definition) is 1. The van der Waals surface area contributed by atoms with E-state index in [2.05, 4.69) is 20.1 Å².